The van der Waals surface area contributed by atoms with E-state index in [1.807, 2.05) is 19.3 Å². The topological polar surface area (TPSA) is 34.1 Å². The van der Waals surface area contributed by atoms with Crippen molar-refractivity contribution in [3.05, 3.63) is 29.6 Å². The molecule has 90 valence electrons. The van der Waals surface area contributed by atoms with Crippen molar-refractivity contribution < 1.29 is 4.74 Å². The van der Waals surface area contributed by atoms with Gasteiger partial charge in [-0.15, -0.1) is 0 Å². The molecule has 0 radical (unpaired) electrons. The van der Waals surface area contributed by atoms with Crippen LogP contribution < -0.4 is 5.32 Å². The molecule has 0 saturated carbocycles. The second kappa shape index (κ2) is 7.36. The Hall–Kier alpha value is -0.930. The Morgan fingerprint density at radius 1 is 1.38 bits per heavy atom. The van der Waals surface area contributed by atoms with Crippen molar-refractivity contribution in [3.63, 3.8) is 0 Å². The first-order valence-electron chi connectivity index (χ1n) is 5.88. The average molecular weight is 222 g/mol. The molecule has 0 amide bonds. The molecule has 1 heterocycles. The molecule has 0 aliphatic carbocycles. The van der Waals surface area contributed by atoms with Gasteiger partial charge in [0, 0.05) is 19.3 Å². The van der Waals surface area contributed by atoms with Crippen LogP contribution in [0.3, 0.4) is 0 Å². The van der Waals surface area contributed by atoms with Gasteiger partial charge in [-0.25, -0.2) is 0 Å². The molecule has 1 N–H and O–H groups in total. The summed E-state index contributed by atoms with van der Waals surface area (Å²) in [5, 5.41) is 3.10. The number of hydrogen-bond acceptors (Lipinski definition) is 3. The van der Waals surface area contributed by atoms with Gasteiger partial charge in [-0.3, -0.25) is 4.98 Å². The zero-order chi connectivity index (χ0) is 11.8. The van der Waals surface area contributed by atoms with E-state index < -0.39 is 0 Å². The van der Waals surface area contributed by atoms with Crippen LogP contribution in [0.4, 0.5) is 0 Å². The molecule has 3 nitrogen and oxygen atoms in total. The second-order valence-electron chi connectivity index (χ2n) is 4.42. The molecular formula is C13H22N2O. The maximum Gasteiger partial charge on any atom is 0.0887 e. The van der Waals surface area contributed by atoms with Crippen LogP contribution in [0.25, 0.3) is 0 Å². The first-order valence-corrected chi connectivity index (χ1v) is 5.88. The highest BCUT2D eigenvalue weighted by molar-refractivity contribution is 5.13. The number of ether oxygens (including phenoxy) is 1. The van der Waals surface area contributed by atoms with Crippen LogP contribution in [0.5, 0.6) is 0 Å². The van der Waals surface area contributed by atoms with E-state index in [-0.39, 0.29) is 0 Å². The molecule has 1 aromatic rings. The lowest BCUT2D eigenvalue weighted by molar-refractivity contribution is 0.108. The molecule has 0 unspecified atom stereocenters. The summed E-state index contributed by atoms with van der Waals surface area (Å²) in [6.45, 7) is 6.70. The lowest BCUT2D eigenvalue weighted by atomic mass is 10.1. The Morgan fingerprint density at radius 2 is 2.19 bits per heavy atom. The molecular weight excluding hydrogens is 200 g/mol. The Labute approximate surface area is 98.2 Å². The smallest absolute Gasteiger partial charge is 0.0887 e. The highest BCUT2D eigenvalue weighted by atomic mass is 16.5. The first kappa shape index (κ1) is 13.1. The minimum absolute atomic E-state index is 0.618. The fraction of sp³-hybridized carbons (Fsp3) is 0.615. The Balaban J connectivity index is 2.26. The van der Waals surface area contributed by atoms with Crippen LogP contribution in [0.15, 0.2) is 18.3 Å². The van der Waals surface area contributed by atoms with Crippen LogP contribution in [0.1, 0.15) is 31.5 Å². The van der Waals surface area contributed by atoms with Gasteiger partial charge in [-0.05, 0) is 31.0 Å². The van der Waals surface area contributed by atoms with Crippen molar-refractivity contribution in [1.29, 1.82) is 0 Å². The van der Waals surface area contributed by atoms with E-state index >= 15 is 0 Å². The van der Waals surface area contributed by atoms with Crippen LogP contribution in [-0.2, 0) is 17.9 Å². The fourth-order valence-corrected chi connectivity index (χ4v) is 1.34. The van der Waals surface area contributed by atoms with Crippen molar-refractivity contribution in [2.75, 3.05) is 13.7 Å². The Bertz CT molecular complexity index is 282. The second-order valence-corrected chi connectivity index (χ2v) is 4.42. The van der Waals surface area contributed by atoms with E-state index in [1.54, 1.807) is 0 Å². The van der Waals surface area contributed by atoms with Gasteiger partial charge in [-0.2, -0.15) is 0 Å². The number of pyridine rings is 1. The summed E-state index contributed by atoms with van der Waals surface area (Å²) in [6, 6.07) is 4.12. The van der Waals surface area contributed by atoms with Gasteiger partial charge in [-0.1, -0.05) is 19.9 Å². The van der Waals surface area contributed by atoms with E-state index in [0.29, 0.717) is 12.5 Å². The van der Waals surface area contributed by atoms with Crippen molar-refractivity contribution in [2.24, 2.45) is 5.92 Å². The van der Waals surface area contributed by atoms with E-state index in [0.717, 1.165) is 25.3 Å². The molecule has 1 rings (SSSR count). The van der Waals surface area contributed by atoms with E-state index in [1.165, 1.54) is 5.56 Å². The summed E-state index contributed by atoms with van der Waals surface area (Å²) in [6.07, 6.45) is 3.01. The van der Waals surface area contributed by atoms with Crippen molar-refractivity contribution in [2.45, 2.75) is 33.4 Å². The number of aromatic nitrogens is 1. The van der Waals surface area contributed by atoms with Gasteiger partial charge in [0.2, 0.25) is 0 Å². The molecule has 0 aliphatic rings. The van der Waals surface area contributed by atoms with Crippen LogP contribution in [0.2, 0.25) is 0 Å². The van der Waals surface area contributed by atoms with Gasteiger partial charge in [0.05, 0.1) is 12.3 Å². The third-order valence-corrected chi connectivity index (χ3v) is 2.36. The molecule has 0 atom stereocenters. The molecule has 0 saturated heterocycles. The predicted octanol–water partition coefficient (Wildman–Crippen LogP) is 2.36. The SMILES string of the molecule is CNCc1ccc(COCCC(C)C)nc1. The lowest BCUT2D eigenvalue weighted by Crippen LogP contribution is -2.06. The third-order valence-electron chi connectivity index (χ3n) is 2.36. The monoisotopic (exact) mass is 222 g/mol. The van der Waals surface area contributed by atoms with Crippen LogP contribution >= 0.6 is 0 Å². The molecule has 0 aliphatic heterocycles. The van der Waals surface area contributed by atoms with Gasteiger partial charge in [0.25, 0.3) is 0 Å². The molecule has 3 heteroatoms. The predicted molar refractivity (Wildman–Crippen MR) is 66.1 cm³/mol. The van der Waals surface area contributed by atoms with Gasteiger partial charge in [0.1, 0.15) is 0 Å². The summed E-state index contributed by atoms with van der Waals surface area (Å²) in [5.74, 6) is 0.700. The summed E-state index contributed by atoms with van der Waals surface area (Å²) in [5.41, 5.74) is 2.21. The quantitative estimate of drug-likeness (QED) is 0.719. The molecule has 0 fully saturated rings. The number of hydrogen-bond donors (Lipinski definition) is 1. The molecule has 1 aromatic heterocycles. The first-order chi connectivity index (χ1) is 7.72. The van der Waals surface area contributed by atoms with Crippen LogP contribution in [0, 0.1) is 5.92 Å². The summed E-state index contributed by atoms with van der Waals surface area (Å²) < 4.78 is 5.55. The number of nitrogens with zero attached hydrogens (tertiary/aromatic N) is 1. The highest BCUT2D eigenvalue weighted by Crippen LogP contribution is 2.04. The number of nitrogens with one attached hydrogen (secondary N) is 1. The Kier molecular flexibility index (Phi) is 6.04. The van der Waals surface area contributed by atoms with E-state index in [2.05, 4.69) is 30.2 Å². The minimum Gasteiger partial charge on any atom is -0.375 e. The summed E-state index contributed by atoms with van der Waals surface area (Å²) in [7, 11) is 1.93. The molecule has 16 heavy (non-hydrogen) atoms. The maximum atomic E-state index is 5.55. The van der Waals surface area contributed by atoms with Gasteiger partial charge in [0.15, 0.2) is 0 Å². The standard InChI is InChI=1S/C13H22N2O/c1-11(2)6-7-16-10-13-5-4-12(8-14-3)9-15-13/h4-5,9,11,14H,6-8,10H2,1-3H3. The highest BCUT2D eigenvalue weighted by Gasteiger charge is 1.97. The van der Waals surface area contributed by atoms with Crippen molar-refractivity contribution >= 4 is 0 Å². The normalized spacial score (nSPS) is 11.0. The van der Waals surface area contributed by atoms with Gasteiger partial charge >= 0.3 is 0 Å². The van der Waals surface area contributed by atoms with Crippen molar-refractivity contribution in [1.82, 2.24) is 10.3 Å². The van der Waals surface area contributed by atoms with Crippen LogP contribution in [-0.4, -0.2) is 18.6 Å². The zero-order valence-electron chi connectivity index (χ0n) is 10.5. The van der Waals surface area contributed by atoms with E-state index in [4.69, 9.17) is 4.74 Å². The fourth-order valence-electron chi connectivity index (χ4n) is 1.34. The maximum absolute atomic E-state index is 5.55. The molecule has 0 spiro atoms. The average Bonchev–Trinajstić information content (AvgIpc) is 2.27. The lowest BCUT2D eigenvalue weighted by Gasteiger charge is -2.06. The van der Waals surface area contributed by atoms with E-state index in [9.17, 15) is 0 Å². The summed E-state index contributed by atoms with van der Waals surface area (Å²) in [4.78, 5) is 4.35. The molecule has 0 aromatic carbocycles. The number of rotatable bonds is 7. The van der Waals surface area contributed by atoms with Gasteiger partial charge < -0.3 is 10.1 Å². The largest absolute Gasteiger partial charge is 0.375 e. The minimum atomic E-state index is 0.618. The van der Waals surface area contributed by atoms with Crippen molar-refractivity contribution in [3.8, 4) is 0 Å². The zero-order valence-corrected chi connectivity index (χ0v) is 10.5. The summed E-state index contributed by atoms with van der Waals surface area (Å²) >= 11 is 0. The Morgan fingerprint density at radius 3 is 2.75 bits per heavy atom. The third kappa shape index (κ3) is 5.24. The molecule has 0 bridgehead atoms.